The summed E-state index contributed by atoms with van der Waals surface area (Å²) in [6.45, 7) is 5.12. The fourth-order valence-electron chi connectivity index (χ4n) is 4.56. The molecule has 186 valence electrons. The lowest BCUT2D eigenvalue weighted by molar-refractivity contribution is 0.0374. The highest BCUT2D eigenvalue weighted by Gasteiger charge is 2.31. The molecule has 7 nitrogen and oxygen atoms in total. The van der Waals surface area contributed by atoms with Crippen molar-refractivity contribution in [3.63, 3.8) is 0 Å². The Morgan fingerprint density at radius 3 is 2.50 bits per heavy atom. The first kappa shape index (κ1) is 24.4. The average molecular weight is 504 g/mol. The average Bonchev–Trinajstić information content (AvgIpc) is 3.01. The van der Waals surface area contributed by atoms with Crippen molar-refractivity contribution in [1.82, 2.24) is 10.2 Å². The second-order valence-electron chi connectivity index (χ2n) is 8.89. The number of hydrogen-bond donors (Lipinski definition) is 1. The molecule has 1 N–H and O–H groups in total. The van der Waals surface area contributed by atoms with E-state index >= 15 is 0 Å². The molecule has 1 fully saturated rings. The summed E-state index contributed by atoms with van der Waals surface area (Å²) < 4.78 is 18.9. The minimum atomic E-state index is -1.55. The fraction of sp³-hybridized carbons (Fsp3) is 0.286. The van der Waals surface area contributed by atoms with Crippen molar-refractivity contribution < 1.29 is 18.5 Å². The van der Waals surface area contributed by atoms with Gasteiger partial charge in [-0.3, -0.25) is 14.5 Å². The summed E-state index contributed by atoms with van der Waals surface area (Å²) in [5.41, 5.74) is 2.30. The quantitative estimate of drug-likeness (QED) is 0.500. The Kier molecular flexibility index (Phi) is 7.55. The van der Waals surface area contributed by atoms with E-state index in [1.54, 1.807) is 47.4 Å². The van der Waals surface area contributed by atoms with Crippen LogP contribution in [-0.4, -0.2) is 60.3 Å². The Bertz CT molecular complexity index is 1270. The van der Waals surface area contributed by atoms with Crippen molar-refractivity contribution in [3.05, 3.63) is 89.5 Å². The second kappa shape index (κ2) is 11.2. The third-order valence-electron chi connectivity index (χ3n) is 6.50. The molecule has 2 amide bonds. The summed E-state index contributed by atoms with van der Waals surface area (Å²) >= 11 is 0. The number of morpholine rings is 1. The molecule has 0 aromatic heterocycles. The van der Waals surface area contributed by atoms with Crippen molar-refractivity contribution >= 4 is 28.3 Å². The Morgan fingerprint density at radius 2 is 1.69 bits per heavy atom. The van der Waals surface area contributed by atoms with Crippen molar-refractivity contribution in [1.29, 1.82) is 0 Å². The highest BCUT2D eigenvalue weighted by molar-refractivity contribution is 7.85. The molecule has 2 heterocycles. The molecular weight excluding hydrogens is 474 g/mol. The van der Waals surface area contributed by atoms with Crippen LogP contribution < -0.4 is 10.2 Å². The Labute approximate surface area is 213 Å². The molecular formula is C28H29N3O4S. The van der Waals surface area contributed by atoms with E-state index in [1.807, 2.05) is 30.3 Å². The van der Waals surface area contributed by atoms with Gasteiger partial charge in [-0.2, -0.15) is 0 Å². The van der Waals surface area contributed by atoms with Gasteiger partial charge in [0.15, 0.2) is 0 Å². The third kappa shape index (κ3) is 5.26. The van der Waals surface area contributed by atoms with Crippen LogP contribution in [0.15, 0.2) is 82.6 Å². The molecule has 2 aliphatic rings. The minimum Gasteiger partial charge on any atom is -0.379 e. The van der Waals surface area contributed by atoms with Crippen LogP contribution in [0, 0.1) is 0 Å². The van der Waals surface area contributed by atoms with Crippen molar-refractivity contribution in [2.45, 2.75) is 22.8 Å². The number of ether oxygens (including phenoxy) is 1. The van der Waals surface area contributed by atoms with Gasteiger partial charge < -0.3 is 15.0 Å². The molecule has 5 rings (SSSR count). The molecule has 0 bridgehead atoms. The maximum Gasteiger partial charge on any atom is 0.259 e. The molecule has 2 aliphatic heterocycles. The van der Waals surface area contributed by atoms with Gasteiger partial charge in [-0.25, -0.2) is 4.21 Å². The molecule has 0 radical (unpaired) electrons. The monoisotopic (exact) mass is 503 g/mol. The number of anilines is 1. The third-order valence-corrected chi connectivity index (χ3v) is 8.00. The van der Waals surface area contributed by atoms with Gasteiger partial charge in [0.05, 0.1) is 51.6 Å². The summed E-state index contributed by atoms with van der Waals surface area (Å²) in [5.74, 6) is -0.441. The van der Waals surface area contributed by atoms with E-state index in [-0.39, 0.29) is 11.8 Å². The summed E-state index contributed by atoms with van der Waals surface area (Å²) in [7, 11) is -1.55. The number of benzene rings is 3. The predicted molar refractivity (Wildman–Crippen MR) is 139 cm³/mol. The first-order chi connectivity index (χ1) is 17.6. The van der Waals surface area contributed by atoms with Gasteiger partial charge in [-0.1, -0.05) is 42.5 Å². The van der Waals surface area contributed by atoms with Crippen LogP contribution in [-0.2, 0) is 22.1 Å². The number of rotatable bonds is 7. The molecule has 0 spiro atoms. The SMILES string of the molecule is O=C(NCCCN1CCOCC1)c1ccc2c(c1)N(Cc1ccccc1)C(=O)c1ccccc1[S@]2=O. The summed E-state index contributed by atoms with van der Waals surface area (Å²) in [6.07, 6.45) is 0.842. The maximum absolute atomic E-state index is 13.7. The molecule has 36 heavy (non-hydrogen) atoms. The first-order valence-electron chi connectivity index (χ1n) is 12.2. The first-order valence-corrected chi connectivity index (χ1v) is 13.4. The van der Waals surface area contributed by atoms with Crippen molar-refractivity contribution in [3.8, 4) is 0 Å². The number of fused-ring (bicyclic) bond motifs is 2. The van der Waals surface area contributed by atoms with E-state index in [2.05, 4.69) is 10.2 Å². The van der Waals surface area contributed by atoms with Gasteiger partial charge >= 0.3 is 0 Å². The molecule has 8 heteroatoms. The number of carbonyl (C=O) groups is 2. The van der Waals surface area contributed by atoms with E-state index in [0.717, 1.165) is 44.8 Å². The molecule has 1 saturated heterocycles. The predicted octanol–water partition coefficient (Wildman–Crippen LogP) is 3.47. The minimum absolute atomic E-state index is 0.209. The van der Waals surface area contributed by atoms with Gasteiger partial charge in [0.25, 0.3) is 11.8 Å². The van der Waals surface area contributed by atoms with E-state index < -0.39 is 10.8 Å². The summed E-state index contributed by atoms with van der Waals surface area (Å²) in [6, 6.07) is 21.8. The van der Waals surface area contributed by atoms with Crippen LogP contribution in [0.2, 0.25) is 0 Å². The largest absolute Gasteiger partial charge is 0.379 e. The number of nitrogens with one attached hydrogen (secondary N) is 1. The summed E-state index contributed by atoms with van der Waals surface area (Å²) in [5, 5.41) is 2.99. The normalized spacial score (nSPS) is 17.7. The van der Waals surface area contributed by atoms with Gasteiger partial charge in [0.2, 0.25) is 0 Å². The molecule has 0 unspecified atom stereocenters. The number of nitrogens with zero attached hydrogens (tertiary/aromatic N) is 2. The standard InChI is InChI=1S/C28H29N3O4S/c32-27(29-13-6-14-30-15-17-35-18-16-30)22-11-12-26-24(19-22)31(20-21-7-2-1-3-8-21)28(33)23-9-4-5-10-25(23)36(26)34/h1-5,7-12,19H,6,13-18,20H2,(H,29,32)/t36-/m1/s1. The number of hydrogen-bond acceptors (Lipinski definition) is 5. The van der Waals surface area contributed by atoms with Crippen LogP contribution in [0.3, 0.4) is 0 Å². The highest BCUT2D eigenvalue weighted by Crippen LogP contribution is 2.36. The number of amides is 2. The fourth-order valence-corrected chi connectivity index (χ4v) is 5.90. The van der Waals surface area contributed by atoms with Crippen LogP contribution in [0.25, 0.3) is 0 Å². The van der Waals surface area contributed by atoms with Crippen molar-refractivity contribution in [2.24, 2.45) is 0 Å². The van der Waals surface area contributed by atoms with E-state index in [9.17, 15) is 13.8 Å². The van der Waals surface area contributed by atoms with Crippen LogP contribution >= 0.6 is 0 Å². The molecule has 0 aliphatic carbocycles. The van der Waals surface area contributed by atoms with E-state index in [0.29, 0.717) is 39.7 Å². The zero-order chi connectivity index (χ0) is 24.9. The second-order valence-corrected chi connectivity index (χ2v) is 10.3. The molecule has 0 saturated carbocycles. The molecule has 1 atom stereocenters. The highest BCUT2D eigenvalue weighted by atomic mass is 32.2. The van der Waals surface area contributed by atoms with Gasteiger partial charge in [0.1, 0.15) is 0 Å². The van der Waals surface area contributed by atoms with E-state index in [4.69, 9.17) is 4.74 Å². The topological polar surface area (TPSA) is 79.0 Å². The lowest BCUT2D eigenvalue weighted by Crippen LogP contribution is -2.38. The molecule has 3 aromatic rings. The van der Waals surface area contributed by atoms with Gasteiger partial charge in [-0.15, -0.1) is 0 Å². The summed E-state index contributed by atoms with van der Waals surface area (Å²) in [4.78, 5) is 31.6. The molecule has 3 aromatic carbocycles. The smallest absolute Gasteiger partial charge is 0.259 e. The zero-order valence-electron chi connectivity index (χ0n) is 20.0. The zero-order valence-corrected chi connectivity index (χ0v) is 20.8. The van der Waals surface area contributed by atoms with Gasteiger partial charge in [-0.05, 0) is 48.9 Å². The Morgan fingerprint density at radius 1 is 0.944 bits per heavy atom. The Balaban J connectivity index is 1.39. The maximum atomic E-state index is 13.7. The van der Waals surface area contributed by atoms with E-state index in [1.165, 1.54) is 0 Å². The lowest BCUT2D eigenvalue weighted by Gasteiger charge is -2.26. The number of carbonyl (C=O) groups excluding carboxylic acids is 2. The van der Waals surface area contributed by atoms with Crippen LogP contribution in [0.4, 0.5) is 5.69 Å². The lowest BCUT2D eigenvalue weighted by atomic mass is 10.1. The van der Waals surface area contributed by atoms with Gasteiger partial charge in [0, 0.05) is 25.2 Å². The Hall–Kier alpha value is -3.33. The van der Waals surface area contributed by atoms with Crippen LogP contribution in [0.1, 0.15) is 32.7 Å². The van der Waals surface area contributed by atoms with Crippen LogP contribution in [0.5, 0.6) is 0 Å². The van der Waals surface area contributed by atoms with Crippen molar-refractivity contribution in [2.75, 3.05) is 44.3 Å².